The van der Waals surface area contributed by atoms with Crippen LogP contribution in [0.4, 0.5) is 0 Å². The molecule has 1 aromatic carbocycles. The van der Waals surface area contributed by atoms with Crippen molar-refractivity contribution in [2.45, 2.75) is 6.92 Å². The number of benzene rings is 1. The van der Waals surface area contributed by atoms with Crippen molar-refractivity contribution in [2.24, 2.45) is 0 Å². The zero-order valence-corrected chi connectivity index (χ0v) is 11.5. The number of hydrogen-bond donors (Lipinski definition) is 1. The molecule has 0 amide bonds. The van der Waals surface area contributed by atoms with E-state index in [0.29, 0.717) is 0 Å². The topological polar surface area (TPSA) is 64.3 Å². The van der Waals surface area contributed by atoms with Gasteiger partial charge in [0.2, 0.25) is 5.88 Å². The second-order valence-corrected chi connectivity index (χ2v) is 4.38. The molecule has 0 aliphatic carbocycles. The Morgan fingerprint density at radius 1 is 1.45 bits per heavy atom. The zero-order valence-electron chi connectivity index (χ0n) is 10.8. The highest BCUT2D eigenvalue weighted by Crippen LogP contribution is 2.23. The van der Waals surface area contributed by atoms with Crippen LogP contribution in [0.15, 0.2) is 47.6 Å². The summed E-state index contributed by atoms with van der Waals surface area (Å²) < 4.78 is 6.99. The van der Waals surface area contributed by atoms with E-state index in [1.54, 1.807) is 6.92 Å². The molecular weight excluding hydrogens is 280 g/mol. The van der Waals surface area contributed by atoms with Gasteiger partial charge in [0.25, 0.3) is 0 Å². The lowest BCUT2D eigenvalue weighted by Crippen LogP contribution is -2.08. The average molecular weight is 293 g/mol. The molecule has 0 radical (unpaired) electrons. The van der Waals surface area contributed by atoms with Gasteiger partial charge in [-0.25, -0.2) is 9.48 Å². The lowest BCUT2D eigenvalue weighted by molar-refractivity contribution is 0.0692. The van der Waals surface area contributed by atoms with Crippen LogP contribution >= 0.6 is 11.6 Å². The van der Waals surface area contributed by atoms with Crippen LogP contribution in [0.3, 0.4) is 0 Å². The van der Waals surface area contributed by atoms with E-state index in [2.05, 4.69) is 5.10 Å². The number of nitrogens with zero attached hydrogens (tertiary/aromatic N) is 2. The maximum absolute atomic E-state index is 11.2. The van der Waals surface area contributed by atoms with E-state index in [-0.39, 0.29) is 18.1 Å². The van der Waals surface area contributed by atoms with Crippen molar-refractivity contribution in [3.63, 3.8) is 0 Å². The Morgan fingerprint density at radius 3 is 2.75 bits per heavy atom. The number of halogens is 1. The quantitative estimate of drug-likeness (QED) is 0.920. The van der Waals surface area contributed by atoms with Gasteiger partial charge in [-0.1, -0.05) is 29.8 Å². The molecule has 2 aromatic rings. The summed E-state index contributed by atoms with van der Waals surface area (Å²) in [4.78, 5) is 11.2. The van der Waals surface area contributed by atoms with E-state index in [9.17, 15) is 9.90 Å². The first kappa shape index (κ1) is 14.1. The van der Waals surface area contributed by atoms with Crippen LogP contribution in [0.5, 0.6) is 5.88 Å². The Labute approximate surface area is 121 Å². The summed E-state index contributed by atoms with van der Waals surface area (Å²) in [5, 5.41) is 13.2. The molecule has 20 heavy (non-hydrogen) atoms. The second-order valence-electron chi connectivity index (χ2n) is 4.16. The van der Waals surface area contributed by atoms with Crippen molar-refractivity contribution in [2.75, 3.05) is 6.61 Å². The molecule has 5 nitrogen and oxygen atoms in total. The summed E-state index contributed by atoms with van der Waals surface area (Å²) in [5.74, 6) is -0.906. The van der Waals surface area contributed by atoms with E-state index < -0.39 is 5.97 Å². The van der Waals surface area contributed by atoms with Gasteiger partial charge in [-0.3, -0.25) is 0 Å². The molecule has 0 fully saturated rings. The Kier molecular flexibility index (Phi) is 4.42. The Morgan fingerprint density at radius 2 is 2.15 bits per heavy atom. The van der Waals surface area contributed by atoms with Crippen molar-refractivity contribution in [1.82, 2.24) is 9.78 Å². The highest BCUT2D eigenvalue weighted by atomic mass is 35.5. The number of carboxylic acids is 1. The Balaban J connectivity index is 2.40. The van der Waals surface area contributed by atoms with Crippen molar-refractivity contribution in [3.05, 3.63) is 53.2 Å². The lowest BCUT2D eigenvalue weighted by Gasteiger charge is -2.10. The summed E-state index contributed by atoms with van der Waals surface area (Å²) in [5.41, 5.74) is 2.91. The molecule has 0 aliphatic rings. The number of hydrogen-bond acceptors (Lipinski definition) is 3. The molecule has 1 heterocycles. The molecule has 2 rings (SSSR count). The van der Waals surface area contributed by atoms with Crippen LogP contribution in [-0.4, -0.2) is 27.5 Å². The highest BCUT2D eigenvalue weighted by molar-refractivity contribution is 6.25. The van der Waals surface area contributed by atoms with Gasteiger partial charge in [0, 0.05) is 5.54 Å². The molecule has 0 unspecified atom stereocenters. The van der Waals surface area contributed by atoms with Gasteiger partial charge in [-0.05, 0) is 24.6 Å². The van der Waals surface area contributed by atoms with E-state index in [0.717, 1.165) is 11.3 Å². The minimum Gasteiger partial charge on any atom is -0.477 e. The van der Waals surface area contributed by atoms with Crippen LogP contribution in [0, 0.1) is 0 Å². The SMILES string of the molecule is C/C(=C/Cl)COc1c(C(=O)O)cnn1-c1ccccc1. The minimum atomic E-state index is -1.09. The number of ether oxygens (including phenoxy) is 1. The van der Waals surface area contributed by atoms with Crippen molar-refractivity contribution >= 4 is 17.6 Å². The molecule has 104 valence electrons. The fourth-order valence-electron chi connectivity index (χ4n) is 1.59. The van der Waals surface area contributed by atoms with Crippen molar-refractivity contribution in [1.29, 1.82) is 0 Å². The van der Waals surface area contributed by atoms with Gasteiger partial charge in [0.15, 0.2) is 0 Å². The van der Waals surface area contributed by atoms with E-state index in [4.69, 9.17) is 16.3 Å². The molecule has 0 bridgehead atoms. The largest absolute Gasteiger partial charge is 0.477 e. The van der Waals surface area contributed by atoms with E-state index in [1.165, 1.54) is 16.4 Å². The summed E-state index contributed by atoms with van der Waals surface area (Å²) in [6, 6.07) is 9.17. The van der Waals surface area contributed by atoms with Crippen LogP contribution in [0.2, 0.25) is 0 Å². The van der Waals surface area contributed by atoms with Crippen LogP contribution < -0.4 is 4.74 Å². The van der Waals surface area contributed by atoms with Gasteiger partial charge in [0.05, 0.1) is 11.9 Å². The van der Waals surface area contributed by atoms with Crippen LogP contribution in [0.25, 0.3) is 5.69 Å². The molecule has 0 saturated carbocycles. The Bertz CT molecular complexity index is 635. The summed E-state index contributed by atoms with van der Waals surface area (Å²) in [6.45, 7) is 1.99. The normalized spacial score (nSPS) is 11.4. The highest BCUT2D eigenvalue weighted by Gasteiger charge is 2.19. The predicted molar refractivity (Wildman–Crippen MR) is 75.6 cm³/mol. The number of aromatic nitrogens is 2. The molecule has 0 saturated heterocycles. The Hall–Kier alpha value is -2.27. The molecular formula is C14H13ClN2O3. The number of carboxylic acid groups (broad SMARTS) is 1. The van der Waals surface area contributed by atoms with E-state index in [1.807, 2.05) is 30.3 Å². The van der Waals surface area contributed by atoms with Gasteiger partial charge >= 0.3 is 5.97 Å². The second kappa shape index (κ2) is 6.25. The van der Waals surface area contributed by atoms with Gasteiger partial charge in [0.1, 0.15) is 12.2 Å². The summed E-state index contributed by atoms with van der Waals surface area (Å²) in [7, 11) is 0. The fourth-order valence-corrected chi connectivity index (χ4v) is 1.65. The standard InChI is InChI=1S/C14H13ClN2O3/c1-10(7-15)9-20-13-12(14(18)19)8-16-17(13)11-5-3-2-4-6-11/h2-8H,9H2,1H3,(H,18,19)/b10-7-. The third-order valence-corrected chi connectivity index (χ3v) is 2.95. The fraction of sp³-hybridized carbons (Fsp3) is 0.143. The maximum atomic E-state index is 11.2. The monoisotopic (exact) mass is 292 g/mol. The zero-order chi connectivity index (χ0) is 14.5. The summed E-state index contributed by atoms with van der Waals surface area (Å²) >= 11 is 5.57. The molecule has 0 atom stereocenters. The average Bonchev–Trinajstić information content (AvgIpc) is 2.89. The molecule has 0 spiro atoms. The lowest BCUT2D eigenvalue weighted by atomic mass is 10.3. The molecule has 0 aliphatic heterocycles. The molecule has 6 heteroatoms. The third kappa shape index (κ3) is 3.00. The van der Waals surface area contributed by atoms with Crippen LogP contribution in [0.1, 0.15) is 17.3 Å². The van der Waals surface area contributed by atoms with Gasteiger partial charge in [-0.2, -0.15) is 5.10 Å². The molecule has 1 aromatic heterocycles. The number of aromatic carboxylic acids is 1. The summed E-state index contributed by atoms with van der Waals surface area (Å²) in [6.07, 6.45) is 1.27. The van der Waals surface area contributed by atoms with Crippen molar-refractivity contribution < 1.29 is 14.6 Å². The van der Waals surface area contributed by atoms with Gasteiger partial charge < -0.3 is 9.84 Å². The minimum absolute atomic E-state index is 0.0104. The molecule has 1 N–H and O–H groups in total. The first-order valence-corrected chi connectivity index (χ1v) is 6.32. The first-order valence-electron chi connectivity index (χ1n) is 5.89. The van der Waals surface area contributed by atoms with Crippen molar-refractivity contribution in [3.8, 4) is 11.6 Å². The number of para-hydroxylation sites is 1. The first-order chi connectivity index (χ1) is 9.63. The number of rotatable bonds is 5. The van der Waals surface area contributed by atoms with Crippen LogP contribution in [-0.2, 0) is 0 Å². The maximum Gasteiger partial charge on any atom is 0.342 e. The van der Waals surface area contributed by atoms with E-state index >= 15 is 0 Å². The smallest absolute Gasteiger partial charge is 0.342 e. The number of carbonyl (C=O) groups is 1. The van der Waals surface area contributed by atoms with Gasteiger partial charge in [-0.15, -0.1) is 0 Å². The predicted octanol–water partition coefficient (Wildman–Crippen LogP) is 3.09. The third-order valence-electron chi connectivity index (χ3n) is 2.58.